The van der Waals surface area contributed by atoms with E-state index in [2.05, 4.69) is 6.58 Å². The molecule has 6 heteroatoms. The average molecular weight is 287 g/mol. The normalized spacial score (nSPS) is 31.7. The minimum absolute atomic E-state index is 0.0393. The van der Waals surface area contributed by atoms with Crippen molar-refractivity contribution in [3.05, 3.63) is 24.8 Å². The summed E-state index contributed by atoms with van der Waals surface area (Å²) in [7, 11) is -3.89. The summed E-state index contributed by atoms with van der Waals surface area (Å²) in [6, 6.07) is 0. The largest absolute Gasteiger partial charge is 0.549 e. The molecule has 0 saturated heterocycles. The quantitative estimate of drug-likeness (QED) is 0.583. The van der Waals surface area contributed by atoms with Crippen LogP contribution in [0.25, 0.3) is 0 Å². The van der Waals surface area contributed by atoms with Crippen molar-refractivity contribution in [2.24, 2.45) is 5.41 Å². The molecule has 19 heavy (non-hydrogen) atoms. The molecule has 1 unspecified atom stereocenters. The first-order chi connectivity index (χ1) is 8.71. The lowest BCUT2D eigenvalue weighted by molar-refractivity contribution is -0.313. The zero-order chi connectivity index (χ0) is 14.7. The molecule has 1 aliphatic heterocycles. The van der Waals surface area contributed by atoms with Crippen molar-refractivity contribution >= 4 is 13.6 Å². The lowest BCUT2D eigenvalue weighted by Crippen LogP contribution is -2.56. The van der Waals surface area contributed by atoms with E-state index in [4.69, 9.17) is 9.05 Å². The molecule has 1 heterocycles. The lowest BCUT2D eigenvalue weighted by atomic mass is 9.77. The Morgan fingerprint density at radius 3 is 2.68 bits per heavy atom. The van der Waals surface area contributed by atoms with Gasteiger partial charge in [-0.1, -0.05) is 39.0 Å². The summed E-state index contributed by atoms with van der Waals surface area (Å²) in [6.45, 7) is 8.56. The topological polar surface area (TPSA) is 75.7 Å². The highest BCUT2D eigenvalue weighted by Crippen LogP contribution is 2.68. The Hall–Kier alpha value is -0.900. The highest BCUT2D eigenvalue weighted by Gasteiger charge is 2.59. The highest BCUT2D eigenvalue weighted by molar-refractivity contribution is 7.57. The molecule has 0 aromatic rings. The third-order valence-electron chi connectivity index (χ3n) is 3.33. The summed E-state index contributed by atoms with van der Waals surface area (Å²) in [4.78, 5) is 11.8. The Bertz CT molecular complexity index is 435. The Morgan fingerprint density at radius 1 is 1.58 bits per heavy atom. The molecule has 5 nitrogen and oxygen atoms in total. The molecule has 0 aliphatic carbocycles. The average Bonchev–Trinajstić information content (AvgIpc) is 2.46. The van der Waals surface area contributed by atoms with Crippen molar-refractivity contribution in [1.29, 1.82) is 0 Å². The van der Waals surface area contributed by atoms with Gasteiger partial charge in [0.25, 0.3) is 0 Å². The number of allylic oxidation sites excluding steroid dienone is 1. The van der Waals surface area contributed by atoms with Crippen LogP contribution in [0.4, 0.5) is 0 Å². The predicted octanol–water partition coefficient (Wildman–Crippen LogP) is 1.89. The molecule has 108 valence electrons. The first-order valence-corrected chi connectivity index (χ1v) is 7.62. The van der Waals surface area contributed by atoms with Gasteiger partial charge in [0.15, 0.2) is 0 Å². The molecular weight excluding hydrogens is 267 g/mol. The molecule has 0 fully saturated rings. The molecule has 0 N–H and O–H groups in total. The first kappa shape index (κ1) is 16.2. The Labute approximate surface area is 113 Å². The second kappa shape index (κ2) is 5.61. The highest BCUT2D eigenvalue weighted by atomic mass is 31.2. The maximum Gasteiger partial charge on any atom is 0.343 e. The van der Waals surface area contributed by atoms with Crippen molar-refractivity contribution in [2.45, 2.75) is 32.3 Å². The van der Waals surface area contributed by atoms with Crippen molar-refractivity contribution in [3.8, 4) is 0 Å². The number of carboxylic acids is 1. The van der Waals surface area contributed by atoms with Crippen molar-refractivity contribution in [2.75, 3.05) is 13.2 Å². The van der Waals surface area contributed by atoms with E-state index in [1.54, 1.807) is 32.9 Å². The molecule has 0 spiro atoms. The molecule has 1 rings (SSSR count). The van der Waals surface area contributed by atoms with E-state index in [9.17, 15) is 14.5 Å². The fourth-order valence-corrected chi connectivity index (χ4v) is 4.68. The first-order valence-electron chi connectivity index (χ1n) is 6.08. The van der Waals surface area contributed by atoms with E-state index < -0.39 is 24.1 Å². The van der Waals surface area contributed by atoms with Gasteiger partial charge in [-0.3, -0.25) is 4.57 Å². The van der Waals surface area contributed by atoms with Gasteiger partial charge in [-0.2, -0.15) is 0 Å². The summed E-state index contributed by atoms with van der Waals surface area (Å²) in [5.74, 6) is -1.42. The van der Waals surface area contributed by atoms with Gasteiger partial charge in [0, 0.05) is 0 Å². The zero-order valence-electron chi connectivity index (χ0n) is 11.5. The van der Waals surface area contributed by atoms with E-state index >= 15 is 0 Å². The van der Waals surface area contributed by atoms with E-state index in [0.717, 1.165) is 0 Å². The summed E-state index contributed by atoms with van der Waals surface area (Å²) in [5, 5.41) is 10.0. The SMILES string of the molecule is C=CCOP1(=O)OCC=CC[C@@]1(C(=O)[O-])C(C)(C)C. The second-order valence-electron chi connectivity index (χ2n) is 5.45. The van der Waals surface area contributed by atoms with E-state index in [0.29, 0.717) is 0 Å². The van der Waals surface area contributed by atoms with Crippen LogP contribution in [0.3, 0.4) is 0 Å². The number of rotatable bonds is 4. The molecule has 0 aromatic heterocycles. The molecule has 0 amide bonds. The number of carbonyl (C=O) groups is 1. The van der Waals surface area contributed by atoms with Crippen LogP contribution < -0.4 is 5.11 Å². The van der Waals surface area contributed by atoms with E-state index in [1.807, 2.05) is 0 Å². The van der Waals surface area contributed by atoms with Crippen LogP contribution in [-0.4, -0.2) is 24.3 Å². The minimum atomic E-state index is -3.89. The van der Waals surface area contributed by atoms with Gasteiger partial charge >= 0.3 is 7.60 Å². The van der Waals surface area contributed by atoms with Crippen LogP contribution in [0.1, 0.15) is 27.2 Å². The monoisotopic (exact) mass is 287 g/mol. The smallest absolute Gasteiger partial charge is 0.343 e. The van der Waals surface area contributed by atoms with Crippen LogP contribution in [0, 0.1) is 5.41 Å². The molecule has 0 radical (unpaired) electrons. The second-order valence-corrected chi connectivity index (χ2v) is 7.73. The van der Waals surface area contributed by atoms with Crippen LogP contribution in [0.2, 0.25) is 0 Å². The van der Waals surface area contributed by atoms with Crippen molar-refractivity contribution in [3.63, 3.8) is 0 Å². The number of carbonyl (C=O) groups excluding carboxylic acids is 1. The van der Waals surface area contributed by atoms with E-state index in [-0.39, 0.29) is 19.6 Å². The number of carboxylic acid groups (broad SMARTS) is 1. The Kier molecular flexibility index (Phi) is 4.77. The Morgan fingerprint density at radius 2 is 2.21 bits per heavy atom. The lowest BCUT2D eigenvalue weighted by Gasteiger charge is -2.47. The standard InChI is InChI=1S/C13H21O5P/c1-5-9-17-19(16)13(11(14)15,12(2,3)4)8-6-7-10-18-19/h5-7H,1,8-10H2,2-4H3,(H,14,15)/p-1/t13-,19?/m1/s1. The maximum atomic E-state index is 13.0. The van der Waals surface area contributed by atoms with Crippen molar-refractivity contribution < 1.29 is 23.5 Å². The Balaban J connectivity index is 3.41. The van der Waals surface area contributed by atoms with Gasteiger partial charge in [0.2, 0.25) is 0 Å². The van der Waals surface area contributed by atoms with Crippen LogP contribution in [0.5, 0.6) is 0 Å². The molecular formula is C13H20O5P-. The van der Waals surface area contributed by atoms with Crippen LogP contribution in [-0.2, 0) is 18.4 Å². The summed E-state index contributed by atoms with van der Waals surface area (Å²) >= 11 is 0. The van der Waals surface area contributed by atoms with Crippen LogP contribution in [0.15, 0.2) is 24.8 Å². The summed E-state index contributed by atoms with van der Waals surface area (Å²) in [5.41, 5.74) is -0.850. The number of hydrogen-bond donors (Lipinski definition) is 0. The van der Waals surface area contributed by atoms with Gasteiger partial charge in [-0.25, -0.2) is 0 Å². The molecule has 0 aromatic carbocycles. The van der Waals surface area contributed by atoms with Crippen molar-refractivity contribution in [1.82, 2.24) is 0 Å². The number of aliphatic carboxylic acids is 1. The third kappa shape index (κ3) is 2.69. The van der Waals surface area contributed by atoms with Gasteiger partial charge in [-0.15, -0.1) is 6.58 Å². The van der Waals surface area contributed by atoms with Gasteiger partial charge < -0.3 is 18.9 Å². The summed E-state index contributed by atoms with van der Waals surface area (Å²) < 4.78 is 23.5. The fourth-order valence-electron chi connectivity index (χ4n) is 2.20. The zero-order valence-corrected chi connectivity index (χ0v) is 12.4. The van der Waals surface area contributed by atoms with Crippen LogP contribution >= 0.6 is 7.60 Å². The number of hydrogen-bond acceptors (Lipinski definition) is 5. The van der Waals surface area contributed by atoms with Gasteiger partial charge in [0.1, 0.15) is 5.16 Å². The fraction of sp³-hybridized carbons (Fsp3) is 0.615. The molecule has 2 atom stereocenters. The third-order valence-corrected chi connectivity index (χ3v) is 6.28. The molecule has 0 saturated carbocycles. The molecule has 1 aliphatic rings. The van der Waals surface area contributed by atoms with E-state index in [1.165, 1.54) is 6.08 Å². The van der Waals surface area contributed by atoms with Gasteiger partial charge in [0.05, 0.1) is 19.2 Å². The van der Waals surface area contributed by atoms with Gasteiger partial charge in [-0.05, 0) is 11.8 Å². The maximum absolute atomic E-state index is 13.0. The summed E-state index contributed by atoms with van der Waals surface area (Å²) in [6.07, 6.45) is 4.75. The predicted molar refractivity (Wildman–Crippen MR) is 70.7 cm³/mol. The molecule has 0 bridgehead atoms. The minimum Gasteiger partial charge on any atom is -0.549 e.